The number of nitrogens with one attached hydrogen (secondary N) is 1. The second-order valence-electron chi connectivity index (χ2n) is 4.84. The van der Waals surface area contributed by atoms with E-state index >= 15 is 0 Å². The van der Waals surface area contributed by atoms with Gasteiger partial charge >= 0.3 is 5.97 Å². The molecule has 0 bridgehead atoms. The smallest absolute Gasteiger partial charge is 0.329 e. The van der Waals surface area contributed by atoms with Crippen LogP contribution in [0, 0.1) is 6.92 Å². The van der Waals surface area contributed by atoms with Gasteiger partial charge in [0.05, 0.1) is 0 Å². The fourth-order valence-electron chi connectivity index (χ4n) is 2.00. The number of halogens is 1. The molecule has 1 aromatic carbocycles. The van der Waals surface area contributed by atoms with Crippen molar-refractivity contribution in [2.75, 3.05) is 6.61 Å². The molecule has 0 saturated carbocycles. The molecule has 0 aliphatic rings. The van der Waals surface area contributed by atoms with Gasteiger partial charge in [-0.15, -0.1) is 0 Å². The lowest BCUT2D eigenvalue weighted by Gasteiger charge is -2.28. The Kier molecular flexibility index (Phi) is 6.03. The topological polar surface area (TPSA) is 75.6 Å². The van der Waals surface area contributed by atoms with E-state index in [1.165, 1.54) is 0 Å². The lowest BCUT2D eigenvalue weighted by molar-refractivity contribution is -0.148. The fraction of sp³-hybridized carbons (Fsp3) is 0.467. The summed E-state index contributed by atoms with van der Waals surface area (Å²) in [6, 6.07) is 5.07. The van der Waals surface area contributed by atoms with Crippen molar-refractivity contribution in [3.8, 4) is 5.75 Å². The van der Waals surface area contributed by atoms with E-state index in [9.17, 15) is 14.7 Å². The molecule has 0 atom stereocenters. The summed E-state index contributed by atoms with van der Waals surface area (Å²) in [4.78, 5) is 23.2. The number of benzene rings is 1. The van der Waals surface area contributed by atoms with Gasteiger partial charge in [0.25, 0.3) is 5.91 Å². The summed E-state index contributed by atoms with van der Waals surface area (Å²) in [6.45, 7) is 5.03. The summed E-state index contributed by atoms with van der Waals surface area (Å²) in [7, 11) is 0. The molecule has 2 N–H and O–H groups in total. The highest BCUT2D eigenvalue weighted by molar-refractivity contribution is 6.30. The van der Waals surface area contributed by atoms with E-state index in [1.807, 2.05) is 6.92 Å². The Bertz CT molecular complexity index is 526. The van der Waals surface area contributed by atoms with Crippen molar-refractivity contribution in [1.29, 1.82) is 0 Å². The minimum Gasteiger partial charge on any atom is -0.484 e. The van der Waals surface area contributed by atoms with Gasteiger partial charge in [-0.1, -0.05) is 25.4 Å². The molecule has 1 aromatic rings. The first-order valence-electron chi connectivity index (χ1n) is 6.78. The molecule has 0 fully saturated rings. The van der Waals surface area contributed by atoms with Crippen LogP contribution in [0.4, 0.5) is 0 Å². The quantitative estimate of drug-likeness (QED) is 0.811. The van der Waals surface area contributed by atoms with Crippen LogP contribution in [0.5, 0.6) is 5.75 Å². The number of rotatable bonds is 7. The van der Waals surface area contributed by atoms with Crippen molar-refractivity contribution in [1.82, 2.24) is 5.32 Å². The van der Waals surface area contributed by atoms with Gasteiger partial charge in [-0.3, -0.25) is 4.79 Å². The van der Waals surface area contributed by atoms with Crippen molar-refractivity contribution in [3.63, 3.8) is 0 Å². The van der Waals surface area contributed by atoms with Crippen LogP contribution < -0.4 is 10.1 Å². The van der Waals surface area contributed by atoms with Gasteiger partial charge in [0.1, 0.15) is 11.3 Å². The molecule has 0 aliphatic carbocycles. The predicted molar refractivity (Wildman–Crippen MR) is 80.8 cm³/mol. The zero-order chi connectivity index (χ0) is 16.0. The van der Waals surface area contributed by atoms with Crippen LogP contribution >= 0.6 is 11.6 Å². The predicted octanol–water partition coefficient (Wildman–Crippen LogP) is 2.79. The second-order valence-corrected chi connectivity index (χ2v) is 5.28. The Morgan fingerprint density at radius 3 is 2.43 bits per heavy atom. The van der Waals surface area contributed by atoms with Gasteiger partial charge in [-0.25, -0.2) is 4.79 Å². The first kappa shape index (κ1) is 17.3. The summed E-state index contributed by atoms with van der Waals surface area (Å²) in [6.07, 6.45) is 0.620. The lowest BCUT2D eigenvalue weighted by Crippen LogP contribution is -2.54. The van der Waals surface area contributed by atoms with Crippen molar-refractivity contribution < 1.29 is 19.4 Å². The highest BCUT2D eigenvalue weighted by Gasteiger charge is 2.36. The third-order valence-electron chi connectivity index (χ3n) is 3.49. The van der Waals surface area contributed by atoms with Gasteiger partial charge in [0.15, 0.2) is 6.61 Å². The van der Waals surface area contributed by atoms with Gasteiger partial charge in [-0.05, 0) is 43.5 Å². The van der Waals surface area contributed by atoms with E-state index < -0.39 is 17.4 Å². The summed E-state index contributed by atoms with van der Waals surface area (Å²) < 4.78 is 5.40. The molecule has 1 rings (SSSR count). The number of carbonyl (C=O) groups is 2. The maximum atomic E-state index is 11.9. The largest absolute Gasteiger partial charge is 0.484 e. The molecule has 0 aromatic heterocycles. The van der Waals surface area contributed by atoms with Gasteiger partial charge in [0.2, 0.25) is 0 Å². The Labute approximate surface area is 129 Å². The van der Waals surface area contributed by atoms with E-state index in [4.69, 9.17) is 16.3 Å². The molecule has 0 heterocycles. The van der Waals surface area contributed by atoms with E-state index in [1.54, 1.807) is 32.0 Å². The first-order valence-corrected chi connectivity index (χ1v) is 7.15. The number of hydrogen-bond donors (Lipinski definition) is 2. The Morgan fingerprint density at radius 1 is 1.33 bits per heavy atom. The van der Waals surface area contributed by atoms with Crippen LogP contribution in [-0.4, -0.2) is 29.1 Å². The first-order chi connectivity index (χ1) is 9.84. The third-order valence-corrected chi connectivity index (χ3v) is 3.73. The zero-order valence-electron chi connectivity index (χ0n) is 12.4. The Balaban J connectivity index is 2.67. The van der Waals surface area contributed by atoms with E-state index in [-0.39, 0.29) is 6.61 Å². The van der Waals surface area contributed by atoms with Gasteiger partial charge in [0, 0.05) is 5.02 Å². The molecule has 0 unspecified atom stereocenters. The highest BCUT2D eigenvalue weighted by atomic mass is 35.5. The summed E-state index contributed by atoms with van der Waals surface area (Å²) >= 11 is 5.84. The second kappa shape index (κ2) is 7.31. The average molecular weight is 314 g/mol. The van der Waals surface area contributed by atoms with E-state index in [0.29, 0.717) is 23.6 Å². The number of hydrogen-bond acceptors (Lipinski definition) is 3. The van der Waals surface area contributed by atoms with Gasteiger partial charge in [-0.2, -0.15) is 0 Å². The monoisotopic (exact) mass is 313 g/mol. The summed E-state index contributed by atoms with van der Waals surface area (Å²) in [5, 5.41) is 12.4. The van der Waals surface area contributed by atoms with E-state index in [0.717, 1.165) is 5.56 Å². The minimum absolute atomic E-state index is 0.239. The normalized spacial score (nSPS) is 11.0. The van der Waals surface area contributed by atoms with Crippen LogP contribution in [-0.2, 0) is 9.59 Å². The number of carbonyl (C=O) groups excluding carboxylic acids is 1. The van der Waals surface area contributed by atoms with Crippen molar-refractivity contribution in [3.05, 3.63) is 28.8 Å². The Morgan fingerprint density at radius 2 is 1.95 bits per heavy atom. The zero-order valence-corrected chi connectivity index (χ0v) is 13.2. The molecule has 116 valence electrons. The number of amides is 1. The van der Waals surface area contributed by atoms with Crippen molar-refractivity contribution >= 4 is 23.5 Å². The van der Waals surface area contributed by atoms with Crippen LogP contribution in [0.25, 0.3) is 0 Å². The summed E-state index contributed by atoms with van der Waals surface area (Å²) in [5.41, 5.74) is -0.430. The van der Waals surface area contributed by atoms with Crippen LogP contribution in [0.2, 0.25) is 5.02 Å². The highest BCUT2D eigenvalue weighted by Crippen LogP contribution is 2.22. The molecule has 0 saturated heterocycles. The fourth-order valence-corrected chi connectivity index (χ4v) is 2.23. The molecule has 6 heteroatoms. The van der Waals surface area contributed by atoms with Crippen LogP contribution in [0.15, 0.2) is 18.2 Å². The van der Waals surface area contributed by atoms with Gasteiger partial charge < -0.3 is 15.2 Å². The molecule has 0 radical (unpaired) electrons. The molecule has 5 nitrogen and oxygen atoms in total. The molecular formula is C15H20ClNO4. The summed E-state index contributed by atoms with van der Waals surface area (Å²) in [5.74, 6) is -0.956. The lowest BCUT2D eigenvalue weighted by atomic mass is 9.93. The van der Waals surface area contributed by atoms with E-state index in [2.05, 4.69) is 5.32 Å². The SMILES string of the molecule is CCC(CC)(NC(=O)COc1ccc(Cl)cc1C)C(=O)O. The average Bonchev–Trinajstić information content (AvgIpc) is 2.43. The number of carboxylic acid groups (broad SMARTS) is 1. The number of aliphatic carboxylic acids is 1. The van der Waals surface area contributed by atoms with Crippen LogP contribution in [0.1, 0.15) is 32.3 Å². The maximum absolute atomic E-state index is 11.9. The molecule has 0 spiro atoms. The molecule has 21 heavy (non-hydrogen) atoms. The van der Waals surface area contributed by atoms with Crippen molar-refractivity contribution in [2.45, 2.75) is 39.2 Å². The Hall–Kier alpha value is -1.75. The third kappa shape index (κ3) is 4.36. The standard InChI is InChI=1S/C15H20ClNO4/c1-4-15(5-2,14(19)20)17-13(18)9-21-12-7-6-11(16)8-10(12)3/h6-8H,4-5,9H2,1-3H3,(H,17,18)(H,19,20). The maximum Gasteiger partial charge on any atom is 0.329 e. The molecular weight excluding hydrogens is 294 g/mol. The number of ether oxygens (including phenoxy) is 1. The molecule has 0 aliphatic heterocycles. The minimum atomic E-state index is -1.24. The number of carboxylic acids is 1. The van der Waals surface area contributed by atoms with Crippen molar-refractivity contribution in [2.24, 2.45) is 0 Å². The molecule has 1 amide bonds. The number of aryl methyl sites for hydroxylation is 1. The van der Waals surface area contributed by atoms with Crippen LogP contribution in [0.3, 0.4) is 0 Å².